The Morgan fingerprint density at radius 1 is 1.47 bits per heavy atom. The van der Waals surface area contributed by atoms with Crippen LogP contribution >= 0.6 is 11.6 Å². The zero-order valence-corrected chi connectivity index (χ0v) is 10.1. The zero-order chi connectivity index (χ0) is 11.0. The maximum absolute atomic E-state index is 6.13. The van der Waals surface area contributed by atoms with Crippen LogP contribution in [0.2, 0.25) is 5.02 Å². The highest BCUT2D eigenvalue weighted by atomic mass is 35.5. The molecule has 0 saturated carbocycles. The van der Waals surface area contributed by atoms with E-state index in [4.69, 9.17) is 16.3 Å². The Kier molecular flexibility index (Phi) is 2.89. The highest BCUT2D eigenvalue weighted by molar-refractivity contribution is 6.32. The van der Waals surface area contributed by atoms with E-state index in [1.165, 1.54) is 11.1 Å². The highest BCUT2D eigenvalue weighted by Crippen LogP contribution is 2.41. The van der Waals surface area contributed by atoms with Gasteiger partial charge in [0, 0.05) is 17.5 Å². The van der Waals surface area contributed by atoms with Crippen molar-refractivity contribution in [2.45, 2.75) is 19.9 Å². The summed E-state index contributed by atoms with van der Waals surface area (Å²) in [7, 11) is 1.98. The molecule has 0 aromatic heterocycles. The van der Waals surface area contributed by atoms with Crippen LogP contribution in [0.1, 0.15) is 24.1 Å². The molecule has 0 fully saturated rings. The summed E-state index contributed by atoms with van der Waals surface area (Å²) in [5, 5.41) is 4.05. The van der Waals surface area contributed by atoms with Gasteiger partial charge in [-0.2, -0.15) is 0 Å². The molecule has 2 nitrogen and oxygen atoms in total. The largest absolute Gasteiger partial charge is 0.491 e. The number of fused-ring (bicyclic) bond motifs is 1. The van der Waals surface area contributed by atoms with E-state index in [2.05, 4.69) is 19.2 Å². The van der Waals surface area contributed by atoms with Gasteiger partial charge in [0.25, 0.3) is 0 Å². The number of aryl methyl sites for hydroxylation is 1. The molecule has 0 spiro atoms. The quantitative estimate of drug-likeness (QED) is 0.794. The Balaban J connectivity index is 2.56. The fraction of sp³-hybridized carbons (Fsp3) is 0.500. The van der Waals surface area contributed by atoms with E-state index in [0.717, 1.165) is 12.4 Å². The van der Waals surface area contributed by atoms with E-state index < -0.39 is 0 Å². The van der Waals surface area contributed by atoms with E-state index in [1.54, 1.807) is 0 Å². The molecule has 0 saturated heterocycles. The number of rotatable bonds is 1. The van der Waals surface area contributed by atoms with Crippen molar-refractivity contribution in [2.24, 2.45) is 5.92 Å². The summed E-state index contributed by atoms with van der Waals surface area (Å²) in [5.74, 6) is 1.33. The minimum Gasteiger partial charge on any atom is -0.491 e. The Morgan fingerprint density at radius 3 is 2.87 bits per heavy atom. The number of halogens is 1. The van der Waals surface area contributed by atoms with E-state index in [0.29, 0.717) is 17.0 Å². The van der Waals surface area contributed by atoms with Crippen LogP contribution < -0.4 is 10.1 Å². The van der Waals surface area contributed by atoms with E-state index in [9.17, 15) is 0 Å². The number of benzene rings is 1. The number of nitrogens with one attached hydrogen (secondary N) is 1. The lowest BCUT2D eigenvalue weighted by atomic mass is 9.89. The van der Waals surface area contributed by atoms with Gasteiger partial charge >= 0.3 is 0 Å². The zero-order valence-electron chi connectivity index (χ0n) is 9.30. The molecule has 0 amide bonds. The van der Waals surface area contributed by atoms with Gasteiger partial charge in [-0.05, 0) is 25.6 Å². The summed E-state index contributed by atoms with van der Waals surface area (Å²) >= 11 is 6.13. The summed E-state index contributed by atoms with van der Waals surface area (Å²) in [5.41, 5.74) is 2.45. The molecular weight excluding hydrogens is 210 g/mol. The molecule has 1 aliphatic heterocycles. The first-order valence-electron chi connectivity index (χ1n) is 5.24. The normalized spacial score (nSPS) is 24.5. The second-order valence-electron chi connectivity index (χ2n) is 4.16. The third kappa shape index (κ3) is 1.72. The molecule has 1 heterocycles. The molecule has 0 aliphatic carbocycles. The number of hydrogen-bond acceptors (Lipinski definition) is 2. The van der Waals surface area contributed by atoms with Gasteiger partial charge in [0.1, 0.15) is 5.75 Å². The average molecular weight is 226 g/mol. The van der Waals surface area contributed by atoms with Crippen molar-refractivity contribution in [3.8, 4) is 5.75 Å². The second-order valence-corrected chi connectivity index (χ2v) is 4.57. The van der Waals surface area contributed by atoms with Crippen molar-refractivity contribution in [3.63, 3.8) is 0 Å². The van der Waals surface area contributed by atoms with E-state index in [1.807, 2.05) is 19.2 Å². The summed E-state index contributed by atoms with van der Waals surface area (Å²) in [6, 6.07) is 4.29. The van der Waals surface area contributed by atoms with Gasteiger partial charge in [-0.15, -0.1) is 0 Å². The van der Waals surface area contributed by atoms with Gasteiger partial charge in [-0.3, -0.25) is 0 Å². The standard InChI is InChI=1S/C12H16ClNO/c1-7-4-5-9(13)12-10(7)11(14-3)8(2)6-15-12/h4-5,8,11,14H,6H2,1-3H3. The third-order valence-corrected chi connectivity index (χ3v) is 3.35. The molecule has 0 radical (unpaired) electrons. The fourth-order valence-electron chi connectivity index (χ4n) is 2.23. The molecular formula is C12H16ClNO. The minimum absolute atomic E-state index is 0.340. The molecule has 1 aromatic rings. The van der Waals surface area contributed by atoms with Crippen molar-refractivity contribution in [2.75, 3.05) is 13.7 Å². The van der Waals surface area contributed by atoms with Crippen LogP contribution in [0.5, 0.6) is 5.75 Å². The number of hydrogen-bond donors (Lipinski definition) is 1. The molecule has 82 valence electrons. The molecule has 15 heavy (non-hydrogen) atoms. The topological polar surface area (TPSA) is 21.3 Å². The molecule has 2 rings (SSSR count). The number of ether oxygens (including phenoxy) is 1. The van der Waals surface area contributed by atoms with Crippen LogP contribution in [-0.2, 0) is 0 Å². The maximum atomic E-state index is 6.13. The minimum atomic E-state index is 0.340. The van der Waals surface area contributed by atoms with Crippen LogP contribution in [0.25, 0.3) is 0 Å². The van der Waals surface area contributed by atoms with Crippen molar-refractivity contribution < 1.29 is 4.74 Å². The highest BCUT2D eigenvalue weighted by Gasteiger charge is 2.29. The maximum Gasteiger partial charge on any atom is 0.142 e. The molecule has 3 heteroatoms. The summed E-state index contributed by atoms with van der Waals surface area (Å²) in [6.45, 7) is 5.01. The Hall–Kier alpha value is -0.730. The van der Waals surface area contributed by atoms with Crippen molar-refractivity contribution in [1.82, 2.24) is 5.32 Å². The van der Waals surface area contributed by atoms with Gasteiger partial charge in [-0.25, -0.2) is 0 Å². The van der Waals surface area contributed by atoms with E-state index >= 15 is 0 Å². The molecule has 0 bridgehead atoms. The van der Waals surface area contributed by atoms with Gasteiger partial charge < -0.3 is 10.1 Å². The second kappa shape index (κ2) is 4.03. The summed E-state index contributed by atoms with van der Waals surface area (Å²) in [4.78, 5) is 0. The van der Waals surface area contributed by atoms with Crippen LogP contribution in [0.15, 0.2) is 12.1 Å². The Bertz CT molecular complexity index is 378. The van der Waals surface area contributed by atoms with Crippen LogP contribution in [0, 0.1) is 12.8 Å². The van der Waals surface area contributed by atoms with Gasteiger partial charge in [0.2, 0.25) is 0 Å². The first-order chi connectivity index (χ1) is 7.15. The SMILES string of the molecule is CNC1c2c(C)ccc(Cl)c2OCC1C. The van der Waals surface area contributed by atoms with Crippen molar-refractivity contribution in [1.29, 1.82) is 0 Å². The van der Waals surface area contributed by atoms with Crippen LogP contribution in [0.4, 0.5) is 0 Å². The van der Waals surface area contributed by atoms with Gasteiger partial charge in [0.05, 0.1) is 11.6 Å². The smallest absolute Gasteiger partial charge is 0.142 e. The third-order valence-electron chi connectivity index (χ3n) is 3.05. The van der Waals surface area contributed by atoms with Gasteiger partial charge in [-0.1, -0.05) is 24.6 Å². The Labute approximate surface area is 95.6 Å². The lowest BCUT2D eigenvalue weighted by molar-refractivity contribution is 0.193. The predicted octanol–water partition coefficient (Wildman–Crippen LogP) is 2.94. The Morgan fingerprint density at radius 2 is 2.20 bits per heavy atom. The monoisotopic (exact) mass is 225 g/mol. The molecule has 1 aliphatic rings. The first-order valence-corrected chi connectivity index (χ1v) is 5.62. The molecule has 2 unspecified atom stereocenters. The average Bonchev–Trinajstić information content (AvgIpc) is 2.23. The predicted molar refractivity (Wildman–Crippen MR) is 62.6 cm³/mol. The molecule has 2 atom stereocenters. The molecule has 1 N–H and O–H groups in total. The summed E-state index contributed by atoms with van der Waals surface area (Å²) < 4.78 is 5.71. The lowest BCUT2D eigenvalue weighted by Gasteiger charge is -2.33. The fourth-order valence-corrected chi connectivity index (χ4v) is 2.45. The van der Waals surface area contributed by atoms with Crippen LogP contribution in [-0.4, -0.2) is 13.7 Å². The van der Waals surface area contributed by atoms with Crippen LogP contribution in [0.3, 0.4) is 0 Å². The summed E-state index contributed by atoms with van der Waals surface area (Å²) in [6.07, 6.45) is 0. The van der Waals surface area contributed by atoms with Crippen molar-refractivity contribution >= 4 is 11.6 Å². The molecule has 1 aromatic carbocycles. The van der Waals surface area contributed by atoms with Gasteiger partial charge in [0.15, 0.2) is 0 Å². The lowest BCUT2D eigenvalue weighted by Crippen LogP contribution is -2.32. The first kappa shape index (κ1) is 10.8. The van der Waals surface area contributed by atoms with Crippen molar-refractivity contribution in [3.05, 3.63) is 28.3 Å². The van der Waals surface area contributed by atoms with E-state index in [-0.39, 0.29) is 0 Å².